The summed E-state index contributed by atoms with van der Waals surface area (Å²) >= 11 is 0. The third kappa shape index (κ3) is 5.56. The van der Waals surface area contributed by atoms with Crippen molar-refractivity contribution in [1.29, 1.82) is 0 Å². The van der Waals surface area contributed by atoms with E-state index in [1.807, 2.05) is 24.0 Å². The molecule has 2 aromatic rings. The molecule has 0 fully saturated rings. The number of benzene rings is 2. The second-order valence-electron chi connectivity index (χ2n) is 6.69. The summed E-state index contributed by atoms with van der Waals surface area (Å²) in [6.45, 7) is 6.01. The Kier molecular flexibility index (Phi) is 8.10. The molecule has 142 valence electrons. The van der Waals surface area contributed by atoms with Crippen LogP contribution < -0.4 is 0 Å². The lowest BCUT2D eigenvalue weighted by atomic mass is 9.96. The van der Waals surface area contributed by atoms with Crippen molar-refractivity contribution in [3.8, 4) is 5.75 Å². The van der Waals surface area contributed by atoms with Crippen molar-refractivity contribution in [1.82, 2.24) is 4.90 Å². The van der Waals surface area contributed by atoms with Crippen molar-refractivity contribution in [2.24, 2.45) is 0 Å². The van der Waals surface area contributed by atoms with Crippen LogP contribution in [0.5, 0.6) is 5.75 Å². The second kappa shape index (κ2) is 10.3. The SMILES string of the molecule is CCc1ccc(Cc2cc(CN(CCO)CCO)cc(CC)c2O)cc1. The molecule has 0 spiro atoms. The van der Waals surface area contributed by atoms with Gasteiger partial charge in [-0.2, -0.15) is 0 Å². The zero-order chi connectivity index (χ0) is 18.9. The van der Waals surface area contributed by atoms with Crippen LogP contribution in [0.15, 0.2) is 36.4 Å². The minimum absolute atomic E-state index is 0.0648. The van der Waals surface area contributed by atoms with Gasteiger partial charge in [0.1, 0.15) is 5.75 Å². The molecular formula is C22H31NO3. The molecule has 0 saturated carbocycles. The molecule has 0 bridgehead atoms. The van der Waals surface area contributed by atoms with E-state index in [0.29, 0.717) is 31.8 Å². The molecule has 0 amide bonds. The Hall–Kier alpha value is -1.88. The highest BCUT2D eigenvalue weighted by atomic mass is 16.3. The van der Waals surface area contributed by atoms with Gasteiger partial charge >= 0.3 is 0 Å². The monoisotopic (exact) mass is 357 g/mol. The number of aliphatic hydroxyl groups excluding tert-OH is 2. The number of aliphatic hydroxyl groups is 2. The lowest BCUT2D eigenvalue weighted by molar-refractivity contribution is 0.156. The quantitative estimate of drug-likeness (QED) is 0.612. The average molecular weight is 357 g/mol. The summed E-state index contributed by atoms with van der Waals surface area (Å²) in [5.74, 6) is 0.381. The van der Waals surface area contributed by atoms with E-state index in [9.17, 15) is 15.3 Å². The first-order valence-corrected chi connectivity index (χ1v) is 9.46. The van der Waals surface area contributed by atoms with E-state index in [1.165, 1.54) is 11.1 Å². The van der Waals surface area contributed by atoms with Crippen LogP contribution in [0.2, 0.25) is 0 Å². The fourth-order valence-electron chi connectivity index (χ4n) is 3.25. The molecule has 4 nitrogen and oxygen atoms in total. The third-order valence-corrected chi connectivity index (χ3v) is 4.77. The van der Waals surface area contributed by atoms with Crippen molar-refractivity contribution >= 4 is 0 Å². The highest BCUT2D eigenvalue weighted by Gasteiger charge is 2.12. The zero-order valence-electron chi connectivity index (χ0n) is 15.9. The number of phenolic OH excluding ortho intramolecular Hbond substituents is 1. The largest absolute Gasteiger partial charge is 0.507 e. The summed E-state index contributed by atoms with van der Waals surface area (Å²) in [7, 11) is 0. The highest BCUT2D eigenvalue weighted by molar-refractivity contribution is 5.46. The lowest BCUT2D eigenvalue weighted by Gasteiger charge is -2.21. The first-order valence-electron chi connectivity index (χ1n) is 9.46. The normalized spacial score (nSPS) is 11.3. The molecule has 0 aromatic heterocycles. The second-order valence-corrected chi connectivity index (χ2v) is 6.69. The van der Waals surface area contributed by atoms with Gasteiger partial charge in [-0.15, -0.1) is 0 Å². The predicted octanol–water partition coefficient (Wildman–Crippen LogP) is 2.89. The fraction of sp³-hybridized carbons (Fsp3) is 0.455. The van der Waals surface area contributed by atoms with Crippen molar-refractivity contribution in [3.63, 3.8) is 0 Å². The number of hydrogen-bond acceptors (Lipinski definition) is 4. The van der Waals surface area contributed by atoms with E-state index in [2.05, 4.69) is 31.2 Å². The smallest absolute Gasteiger partial charge is 0.122 e. The maximum Gasteiger partial charge on any atom is 0.122 e. The molecular weight excluding hydrogens is 326 g/mol. The van der Waals surface area contributed by atoms with E-state index in [1.54, 1.807) is 0 Å². The molecule has 3 N–H and O–H groups in total. The molecule has 4 heteroatoms. The molecule has 0 aliphatic heterocycles. The Morgan fingerprint density at radius 2 is 1.35 bits per heavy atom. The Balaban J connectivity index is 2.26. The highest BCUT2D eigenvalue weighted by Crippen LogP contribution is 2.28. The molecule has 0 aliphatic rings. The van der Waals surface area contributed by atoms with E-state index in [0.717, 1.165) is 29.5 Å². The molecule has 2 aromatic carbocycles. The standard InChI is InChI=1S/C22H31NO3/c1-3-17-5-7-18(8-6-17)13-21-15-19(14-20(4-2)22(21)26)16-23(9-11-24)10-12-25/h5-8,14-15,24-26H,3-4,9-13,16H2,1-2H3. The maximum absolute atomic E-state index is 10.6. The van der Waals surface area contributed by atoms with Gasteiger partial charge in [0.25, 0.3) is 0 Å². The summed E-state index contributed by atoms with van der Waals surface area (Å²) in [5.41, 5.74) is 5.46. The van der Waals surface area contributed by atoms with E-state index >= 15 is 0 Å². The van der Waals surface area contributed by atoms with Crippen LogP contribution in [0.25, 0.3) is 0 Å². The molecule has 0 aliphatic carbocycles. The Morgan fingerprint density at radius 1 is 0.769 bits per heavy atom. The van der Waals surface area contributed by atoms with Gasteiger partial charge in [0.15, 0.2) is 0 Å². The summed E-state index contributed by atoms with van der Waals surface area (Å²) in [5, 5.41) is 29.1. The number of rotatable bonds is 10. The maximum atomic E-state index is 10.6. The first-order chi connectivity index (χ1) is 12.6. The van der Waals surface area contributed by atoms with Crippen molar-refractivity contribution in [3.05, 3.63) is 64.2 Å². The van der Waals surface area contributed by atoms with E-state index in [-0.39, 0.29) is 13.2 Å². The minimum atomic E-state index is 0.0648. The van der Waals surface area contributed by atoms with Gasteiger partial charge in [0.2, 0.25) is 0 Å². The van der Waals surface area contributed by atoms with Gasteiger partial charge in [0, 0.05) is 26.1 Å². The third-order valence-electron chi connectivity index (χ3n) is 4.77. The van der Waals surface area contributed by atoms with Crippen LogP contribution in [-0.2, 0) is 25.8 Å². The number of aromatic hydroxyl groups is 1. The van der Waals surface area contributed by atoms with Crippen LogP contribution in [0, 0.1) is 0 Å². The zero-order valence-corrected chi connectivity index (χ0v) is 15.9. The van der Waals surface area contributed by atoms with Gasteiger partial charge in [-0.25, -0.2) is 0 Å². The molecule has 2 rings (SSSR count). The van der Waals surface area contributed by atoms with Gasteiger partial charge in [-0.1, -0.05) is 50.2 Å². The summed E-state index contributed by atoms with van der Waals surface area (Å²) in [6, 6.07) is 12.6. The van der Waals surface area contributed by atoms with Crippen LogP contribution in [0.4, 0.5) is 0 Å². The Bertz CT molecular complexity index is 677. The Labute approximate surface area is 156 Å². The van der Waals surface area contributed by atoms with Gasteiger partial charge < -0.3 is 15.3 Å². The lowest BCUT2D eigenvalue weighted by Crippen LogP contribution is -2.29. The molecule has 0 radical (unpaired) electrons. The number of nitrogens with zero attached hydrogens (tertiary/aromatic N) is 1. The van der Waals surface area contributed by atoms with Crippen molar-refractivity contribution < 1.29 is 15.3 Å². The average Bonchev–Trinajstić information content (AvgIpc) is 2.65. The summed E-state index contributed by atoms with van der Waals surface area (Å²) in [6.07, 6.45) is 2.48. The molecule has 0 unspecified atom stereocenters. The van der Waals surface area contributed by atoms with E-state index in [4.69, 9.17) is 0 Å². The van der Waals surface area contributed by atoms with E-state index < -0.39 is 0 Å². The van der Waals surface area contributed by atoms with Crippen molar-refractivity contribution in [2.75, 3.05) is 26.3 Å². The van der Waals surface area contributed by atoms with Crippen LogP contribution in [0.3, 0.4) is 0 Å². The minimum Gasteiger partial charge on any atom is -0.507 e. The number of phenols is 1. The van der Waals surface area contributed by atoms with Crippen LogP contribution >= 0.6 is 0 Å². The molecule has 0 saturated heterocycles. The van der Waals surface area contributed by atoms with Crippen molar-refractivity contribution in [2.45, 2.75) is 39.7 Å². The topological polar surface area (TPSA) is 63.9 Å². The van der Waals surface area contributed by atoms with Crippen LogP contribution in [0.1, 0.15) is 41.7 Å². The Morgan fingerprint density at radius 3 is 1.88 bits per heavy atom. The number of hydrogen-bond donors (Lipinski definition) is 3. The molecule has 0 heterocycles. The van der Waals surface area contributed by atoms with Gasteiger partial charge in [-0.05, 0) is 40.7 Å². The van der Waals surface area contributed by atoms with Crippen LogP contribution in [-0.4, -0.2) is 46.5 Å². The number of aryl methyl sites for hydroxylation is 2. The summed E-state index contributed by atoms with van der Waals surface area (Å²) in [4.78, 5) is 2.02. The first kappa shape index (κ1) is 20.4. The fourth-order valence-corrected chi connectivity index (χ4v) is 3.25. The van der Waals surface area contributed by atoms with Gasteiger partial charge in [0.05, 0.1) is 13.2 Å². The van der Waals surface area contributed by atoms with Gasteiger partial charge in [-0.3, -0.25) is 4.90 Å². The summed E-state index contributed by atoms with van der Waals surface area (Å²) < 4.78 is 0. The molecule has 26 heavy (non-hydrogen) atoms. The predicted molar refractivity (Wildman–Crippen MR) is 106 cm³/mol. The molecule has 0 atom stereocenters.